The summed E-state index contributed by atoms with van der Waals surface area (Å²) in [5.74, 6) is 0. The number of nitrogens with zero attached hydrogens (tertiary/aromatic N) is 3. The standard InChI is InChI=1S/C14H14N4O2S/c1-3-11-8-16-14(21-11)9(2)17-12-6-4-5-10(7-15)13(12)18(19)20/h4-6,8-9,17H,3H2,1-2H3. The lowest BCUT2D eigenvalue weighted by Gasteiger charge is -2.13. The Labute approximate surface area is 126 Å². The molecule has 0 aliphatic carbocycles. The second-order valence-corrected chi connectivity index (χ2v) is 5.60. The Hall–Kier alpha value is -2.46. The molecule has 0 spiro atoms. The Morgan fingerprint density at radius 2 is 2.33 bits per heavy atom. The zero-order valence-electron chi connectivity index (χ0n) is 11.7. The molecule has 1 N–H and O–H groups in total. The van der Waals surface area contributed by atoms with E-state index in [0.717, 1.165) is 11.4 Å². The van der Waals surface area contributed by atoms with E-state index in [1.807, 2.05) is 19.2 Å². The minimum Gasteiger partial charge on any atom is -0.370 e. The van der Waals surface area contributed by atoms with Crippen LogP contribution in [0, 0.1) is 21.4 Å². The van der Waals surface area contributed by atoms with E-state index >= 15 is 0 Å². The summed E-state index contributed by atoms with van der Waals surface area (Å²) in [4.78, 5) is 16.1. The maximum absolute atomic E-state index is 11.2. The van der Waals surface area contributed by atoms with Gasteiger partial charge in [0.1, 0.15) is 22.3 Å². The number of hydrogen-bond donors (Lipinski definition) is 1. The second-order valence-electron chi connectivity index (χ2n) is 4.46. The molecule has 0 amide bonds. The van der Waals surface area contributed by atoms with Crippen LogP contribution < -0.4 is 5.32 Å². The van der Waals surface area contributed by atoms with E-state index in [1.54, 1.807) is 23.5 Å². The first-order chi connectivity index (χ1) is 10.1. The van der Waals surface area contributed by atoms with Crippen molar-refractivity contribution < 1.29 is 4.92 Å². The van der Waals surface area contributed by atoms with E-state index in [0.29, 0.717) is 5.69 Å². The summed E-state index contributed by atoms with van der Waals surface area (Å²) in [6.07, 6.45) is 2.73. The maximum Gasteiger partial charge on any atom is 0.309 e. The molecule has 0 aliphatic heterocycles. The normalized spacial score (nSPS) is 11.7. The highest BCUT2D eigenvalue weighted by molar-refractivity contribution is 7.11. The molecular weight excluding hydrogens is 288 g/mol. The van der Waals surface area contributed by atoms with E-state index in [-0.39, 0.29) is 17.3 Å². The van der Waals surface area contributed by atoms with Gasteiger partial charge in [-0.3, -0.25) is 10.1 Å². The molecule has 0 fully saturated rings. The van der Waals surface area contributed by atoms with Crippen LogP contribution in [-0.2, 0) is 6.42 Å². The summed E-state index contributed by atoms with van der Waals surface area (Å²) >= 11 is 1.58. The van der Waals surface area contributed by atoms with Crippen LogP contribution in [0.25, 0.3) is 0 Å². The lowest BCUT2D eigenvalue weighted by Crippen LogP contribution is -2.08. The lowest BCUT2D eigenvalue weighted by atomic mass is 10.1. The summed E-state index contributed by atoms with van der Waals surface area (Å²) in [5, 5.41) is 24.1. The number of rotatable bonds is 5. The maximum atomic E-state index is 11.2. The molecule has 2 aromatic rings. The van der Waals surface area contributed by atoms with Crippen LogP contribution in [0.2, 0.25) is 0 Å². The van der Waals surface area contributed by atoms with Crippen molar-refractivity contribution in [1.29, 1.82) is 5.26 Å². The number of anilines is 1. The summed E-state index contributed by atoms with van der Waals surface area (Å²) in [7, 11) is 0. The number of thiazole rings is 1. The Kier molecular flexibility index (Phi) is 4.50. The van der Waals surface area contributed by atoms with E-state index in [9.17, 15) is 10.1 Å². The number of hydrogen-bond acceptors (Lipinski definition) is 6. The van der Waals surface area contributed by atoms with Gasteiger partial charge in [0.05, 0.1) is 11.0 Å². The molecule has 108 valence electrons. The van der Waals surface area contributed by atoms with Gasteiger partial charge < -0.3 is 5.32 Å². The number of benzene rings is 1. The Balaban J connectivity index is 2.31. The molecule has 1 atom stereocenters. The summed E-state index contributed by atoms with van der Waals surface area (Å²) in [6, 6.07) is 6.35. The summed E-state index contributed by atoms with van der Waals surface area (Å²) < 4.78 is 0. The zero-order chi connectivity index (χ0) is 15.4. The van der Waals surface area contributed by atoms with Gasteiger partial charge >= 0.3 is 5.69 Å². The molecule has 2 rings (SSSR count). The molecule has 21 heavy (non-hydrogen) atoms. The van der Waals surface area contributed by atoms with Crippen molar-refractivity contribution in [2.45, 2.75) is 26.3 Å². The van der Waals surface area contributed by atoms with E-state index in [4.69, 9.17) is 5.26 Å². The fraction of sp³-hybridized carbons (Fsp3) is 0.286. The van der Waals surface area contributed by atoms with Crippen LogP contribution in [0.4, 0.5) is 11.4 Å². The van der Waals surface area contributed by atoms with Gasteiger partial charge in [0.25, 0.3) is 0 Å². The van der Waals surface area contributed by atoms with Gasteiger partial charge in [0, 0.05) is 11.1 Å². The molecule has 0 bridgehead atoms. The Morgan fingerprint density at radius 3 is 2.90 bits per heavy atom. The number of aryl methyl sites for hydroxylation is 1. The van der Waals surface area contributed by atoms with Crippen molar-refractivity contribution in [1.82, 2.24) is 4.98 Å². The number of nitrogens with one attached hydrogen (secondary N) is 1. The number of nitro benzene ring substituents is 1. The van der Waals surface area contributed by atoms with Crippen molar-refractivity contribution in [2.75, 3.05) is 5.32 Å². The van der Waals surface area contributed by atoms with Crippen LogP contribution in [0.3, 0.4) is 0 Å². The molecule has 1 heterocycles. The van der Waals surface area contributed by atoms with Gasteiger partial charge in [-0.2, -0.15) is 5.26 Å². The fourth-order valence-corrected chi connectivity index (χ4v) is 2.79. The molecule has 0 saturated carbocycles. The number of para-hydroxylation sites is 1. The molecule has 1 aromatic heterocycles. The Morgan fingerprint density at radius 1 is 1.57 bits per heavy atom. The number of nitriles is 1. The largest absolute Gasteiger partial charge is 0.370 e. The van der Waals surface area contributed by atoms with Crippen LogP contribution in [0.5, 0.6) is 0 Å². The number of nitro groups is 1. The highest BCUT2D eigenvalue weighted by Crippen LogP contribution is 2.32. The first-order valence-electron chi connectivity index (χ1n) is 6.45. The predicted molar refractivity (Wildman–Crippen MR) is 81.3 cm³/mol. The minimum absolute atomic E-state index is 0.0468. The Bertz CT molecular complexity index is 705. The molecule has 6 nitrogen and oxygen atoms in total. The molecule has 0 aliphatic rings. The highest BCUT2D eigenvalue weighted by Gasteiger charge is 2.21. The van der Waals surface area contributed by atoms with Crippen molar-refractivity contribution >= 4 is 22.7 Å². The third kappa shape index (κ3) is 3.17. The minimum atomic E-state index is -0.535. The fourth-order valence-electron chi connectivity index (χ4n) is 1.93. The third-order valence-electron chi connectivity index (χ3n) is 3.00. The first-order valence-corrected chi connectivity index (χ1v) is 7.27. The predicted octanol–water partition coefficient (Wildman–Crippen LogP) is 3.66. The topological polar surface area (TPSA) is 91.8 Å². The second kappa shape index (κ2) is 6.33. The third-order valence-corrected chi connectivity index (χ3v) is 4.33. The van der Waals surface area contributed by atoms with Crippen LogP contribution >= 0.6 is 11.3 Å². The molecule has 1 aromatic carbocycles. The van der Waals surface area contributed by atoms with Crippen LogP contribution in [0.15, 0.2) is 24.4 Å². The van der Waals surface area contributed by atoms with E-state index in [2.05, 4.69) is 17.2 Å². The molecule has 0 radical (unpaired) electrons. The van der Waals surface area contributed by atoms with Crippen LogP contribution in [0.1, 0.15) is 35.3 Å². The van der Waals surface area contributed by atoms with Gasteiger partial charge in [-0.25, -0.2) is 4.98 Å². The molecule has 1 unspecified atom stereocenters. The highest BCUT2D eigenvalue weighted by atomic mass is 32.1. The van der Waals surface area contributed by atoms with Gasteiger partial charge in [-0.1, -0.05) is 13.0 Å². The summed E-state index contributed by atoms with van der Waals surface area (Å²) in [6.45, 7) is 3.94. The van der Waals surface area contributed by atoms with Gasteiger partial charge in [0.2, 0.25) is 0 Å². The molecule has 7 heteroatoms. The van der Waals surface area contributed by atoms with Crippen molar-refractivity contribution in [3.05, 3.63) is 50.0 Å². The number of aromatic nitrogens is 1. The quantitative estimate of drug-likeness (QED) is 0.672. The SMILES string of the molecule is CCc1cnc(C(C)Nc2cccc(C#N)c2[N+](=O)[O-])s1. The van der Waals surface area contributed by atoms with E-state index < -0.39 is 4.92 Å². The zero-order valence-corrected chi connectivity index (χ0v) is 12.5. The lowest BCUT2D eigenvalue weighted by molar-refractivity contribution is -0.384. The van der Waals surface area contributed by atoms with Gasteiger partial charge in [0.15, 0.2) is 0 Å². The van der Waals surface area contributed by atoms with Crippen molar-refractivity contribution in [3.63, 3.8) is 0 Å². The van der Waals surface area contributed by atoms with E-state index in [1.165, 1.54) is 10.9 Å². The monoisotopic (exact) mass is 302 g/mol. The average molecular weight is 302 g/mol. The van der Waals surface area contributed by atoms with Crippen molar-refractivity contribution in [3.8, 4) is 6.07 Å². The first kappa shape index (κ1) is 14.9. The van der Waals surface area contributed by atoms with Crippen molar-refractivity contribution in [2.24, 2.45) is 0 Å². The smallest absolute Gasteiger partial charge is 0.309 e. The van der Waals surface area contributed by atoms with Gasteiger partial charge in [-0.15, -0.1) is 11.3 Å². The summed E-state index contributed by atoms with van der Waals surface area (Å²) in [5.41, 5.74) is 0.185. The molecule has 0 saturated heterocycles. The molecular formula is C14H14N4O2S. The van der Waals surface area contributed by atoms with Crippen LogP contribution in [-0.4, -0.2) is 9.91 Å². The van der Waals surface area contributed by atoms with Gasteiger partial charge in [-0.05, 0) is 25.5 Å². The average Bonchev–Trinajstić information content (AvgIpc) is 2.95.